The maximum Gasteiger partial charge on any atom is 0.0292 e. The van der Waals surface area contributed by atoms with E-state index in [9.17, 15) is 0 Å². The van der Waals surface area contributed by atoms with Crippen molar-refractivity contribution in [1.29, 1.82) is 0 Å². The van der Waals surface area contributed by atoms with E-state index in [4.69, 9.17) is 11.5 Å². The van der Waals surface area contributed by atoms with Crippen molar-refractivity contribution in [3.63, 3.8) is 0 Å². The first-order chi connectivity index (χ1) is 5.77. The van der Waals surface area contributed by atoms with Crippen molar-refractivity contribution in [2.45, 2.75) is 25.9 Å². The molecule has 1 aromatic rings. The molecular formula is C10H16N2. The summed E-state index contributed by atoms with van der Waals surface area (Å²) >= 11 is 0. The van der Waals surface area contributed by atoms with Crippen LogP contribution >= 0.6 is 0 Å². The van der Waals surface area contributed by atoms with Gasteiger partial charge in [0.1, 0.15) is 0 Å². The Hall–Kier alpha value is -0.860. The quantitative estimate of drug-likeness (QED) is 0.712. The van der Waals surface area contributed by atoms with Crippen LogP contribution in [0, 0.1) is 0 Å². The van der Waals surface area contributed by atoms with Crippen molar-refractivity contribution in [1.82, 2.24) is 0 Å². The molecule has 2 heteroatoms. The summed E-state index contributed by atoms with van der Waals surface area (Å²) in [7, 11) is 0. The zero-order valence-electron chi connectivity index (χ0n) is 7.46. The van der Waals surface area contributed by atoms with Crippen LogP contribution in [0.4, 0.5) is 0 Å². The molecule has 0 heterocycles. The Morgan fingerprint density at radius 2 is 1.83 bits per heavy atom. The molecular weight excluding hydrogens is 148 g/mol. The molecule has 0 radical (unpaired) electrons. The standard InChI is InChI=1S/C10H16N2/c1-2-10(12)9-5-3-8(7-11)4-6-9/h3-6,10H,2,7,11-12H2,1H3. The molecule has 1 atom stereocenters. The second kappa shape index (κ2) is 4.24. The summed E-state index contributed by atoms with van der Waals surface area (Å²) in [6, 6.07) is 8.33. The Bertz CT molecular complexity index is 228. The Balaban J connectivity index is 2.77. The molecule has 0 spiro atoms. The molecule has 2 nitrogen and oxygen atoms in total. The van der Waals surface area contributed by atoms with Crippen LogP contribution < -0.4 is 11.5 Å². The summed E-state index contributed by atoms with van der Waals surface area (Å²) in [4.78, 5) is 0. The largest absolute Gasteiger partial charge is 0.326 e. The Morgan fingerprint density at radius 1 is 1.25 bits per heavy atom. The van der Waals surface area contributed by atoms with Crippen LogP contribution in [-0.4, -0.2) is 0 Å². The van der Waals surface area contributed by atoms with E-state index < -0.39 is 0 Å². The highest BCUT2D eigenvalue weighted by Crippen LogP contribution is 2.13. The van der Waals surface area contributed by atoms with Crippen molar-refractivity contribution in [2.24, 2.45) is 11.5 Å². The van der Waals surface area contributed by atoms with Crippen molar-refractivity contribution in [3.8, 4) is 0 Å². The third-order valence-corrected chi connectivity index (χ3v) is 2.08. The number of nitrogens with two attached hydrogens (primary N) is 2. The van der Waals surface area contributed by atoms with Crippen LogP contribution in [0.3, 0.4) is 0 Å². The molecule has 0 bridgehead atoms. The van der Waals surface area contributed by atoms with Crippen LogP contribution in [0.1, 0.15) is 30.5 Å². The Labute approximate surface area is 73.6 Å². The fraction of sp³-hybridized carbons (Fsp3) is 0.400. The second-order valence-electron chi connectivity index (χ2n) is 2.96. The zero-order valence-corrected chi connectivity index (χ0v) is 7.46. The van der Waals surface area contributed by atoms with Crippen molar-refractivity contribution >= 4 is 0 Å². The number of hydrogen-bond donors (Lipinski definition) is 2. The van der Waals surface area contributed by atoms with Gasteiger partial charge in [-0.2, -0.15) is 0 Å². The predicted molar refractivity (Wildman–Crippen MR) is 51.6 cm³/mol. The predicted octanol–water partition coefficient (Wildman–Crippen LogP) is 1.56. The monoisotopic (exact) mass is 164 g/mol. The molecule has 0 saturated carbocycles. The van der Waals surface area contributed by atoms with Gasteiger partial charge in [0, 0.05) is 12.6 Å². The van der Waals surface area contributed by atoms with Crippen LogP contribution in [0.25, 0.3) is 0 Å². The van der Waals surface area contributed by atoms with E-state index in [0.29, 0.717) is 6.54 Å². The normalized spacial score (nSPS) is 12.9. The van der Waals surface area contributed by atoms with Crippen molar-refractivity contribution in [3.05, 3.63) is 35.4 Å². The molecule has 0 amide bonds. The van der Waals surface area contributed by atoms with Gasteiger partial charge < -0.3 is 11.5 Å². The first kappa shape index (κ1) is 9.23. The molecule has 66 valence electrons. The van der Waals surface area contributed by atoms with Crippen LogP contribution in [-0.2, 0) is 6.54 Å². The highest BCUT2D eigenvalue weighted by Gasteiger charge is 2.01. The van der Waals surface area contributed by atoms with Gasteiger partial charge in [0.15, 0.2) is 0 Å². The molecule has 1 aromatic carbocycles. The molecule has 0 fully saturated rings. The van der Waals surface area contributed by atoms with E-state index in [1.807, 2.05) is 12.1 Å². The van der Waals surface area contributed by atoms with E-state index in [0.717, 1.165) is 12.0 Å². The van der Waals surface area contributed by atoms with Gasteiger partial charge in [-0.25, -0.2) is 0 Å². The smallest absolute Gasteiger partial charge is 0.0292 e. The second-order valence-corrected chi connectivity index (χ2v) is 2.96. The Kier molecular flexibility index (Phi) is 3.26. The number of hydrogen-bond acceptors (Lipinski definition) is 2. The first-order valence-corrected chi connectivity index (χ1v) is 4.32. The van der Waals surface area contributed by atoms with Crippen LogP contribution in [0.5, 0.6) is 0 Å². The summed E-state index contributed by atoms with van der Waals surface area (Å²) in [5, 5.41) is 0. The average molecular weight is 164 g/mol. The SMILES string of the molecule is CCC(N)c1ccc(CN)cc1. The summed E-state index contributed by atoms with van der Waals surface area (Å²) < 4.78 is 0. The minimum atomic E-state index is 0.164. The lowest BCUT2D eigenvalue weighted by Crippen LogP contribution is -2.08. The molecule has 12 heavy (non-hydrogen) atoms. The van der Waals surface area contributed by atoms with Gasteiger partial charge in [0.25, 0.3) is 0 Å². The van der Waals surface area contributed by atoms with Crippen molar-refractivity contribution in [2.75, 3.05) is 0 Å². The van der Waals surface area contributed by atoms with E-state index in [-0.39, 0.29) is 6.04 Å². The maximum atomic E-state index is 5.85. The molecule has 0 aliphatic heterocycles. The lowest BCUT2D eigenvalue weighted by molar-refractivity contribution is 0.698. The molecule has 0 aromatic heterocycles. The summed E-state index contributed by atoms with van der Waals surface area (Å²) in [6.07, 6.45) is 0.974. The lowest BCUT2D eigenvalue weighted by Gasteiger charge is -2.08. The summed E-state index contributed by atoms with van der Waals surface area (Å²) in [5.74, 6) is 0. The molecule has 0 aliphatic carbocycles. The van der Waals surface area contributed by atoms with Crippen LogP contribution in [0.2, 0.25) is 0 Å². The van der Waals surface area contributed by atoms with Crippen molar-refractivity contribution < 1.29 is 0 Å². The first-order valence-electron chi connectivity index (χ1n) is 4.32. The van der Waals surface area contributed by atoms with Gasteiger partial charge in [-0.15, -0.1) is 0 Å². The lowest BCUT2D eigenvalue weighted by atomic mass is 10.0. The highest BCUT2D eigenvalue weighted by atomic mass is 14.6. The highest BCUT2D eigenvalue weighted by molar-refractivity contribution is 5.24. The van der Waals surface area contributed by atoms with Gasteiger partial charge in [-0.1, -0.05) is 31.2 Å². The van der Waals surface area contributed by atoms with Gasteiger partial charge in [0.05, 0.1) is 0 Å². The van der Waals surface area contributed by atoms with Gasteiger partial charge in [-0.05, 0) is 17.5 Å². The molecule has 4 N–H and O–H groups in total. The fourth-order valence-corrected chi connectivity index (χ4v) is 1.14. The fourth-order valence-electron chi connectivity index (χ4n) is 1.14. The molecule has 0 aliphatic rings. The van der Waals surface area contributed by atoms with E-state index in [1.165, 1.54) is 5.56 Å². The van der Waals surface area contributed by atoms with E-state index in [2.05, 4.69) is 19.1 Å². The van der Waals surface area contributed by atoms with E-state index >= 15 is 0 Å². The van der Waals surface area contributed by atoms with Gasteiger partial charge in [-0.3, -0.25) is 0 Å². The minimum Gasteiger partial charge on any atom is -0.326 e. The van der Waals surface area contributed by atoms with E-state index in [1.54, 1.807) is 0 Å². The summed E-state index contributed by atoms with van der Waals surface area (Å²) in [6.45, 7) is 2.68. The number of rotatable bonds is 3. The third-order valence-electron chi connectivity index (χ3n) is 2.08. The summed E-state index contributed by atoms with van der Waals surface area (Å²) in [5.41, 5.74) is 13.7. The molecule has 0 saturated heterocycles. The van der Waals surface area contributed by atoms with Crippen LogP contribution in [0.15, 0.2) is 24.3 Å². The maximum absolute atomic E-state index is 5.85. The van der Waals surface area contributed by atoms with Gasteiger partial charge >= 0.3 is 0 Å². The minimum absolute atomic E-state index is 0.164. The Morgan fingerprint density at radius 3 is 2.25 bits per heavy atom. The topological polar surface area (TPSA) is 52.0 Å². The molecule has 1 rings (SSSR count). The number of benzene rings is 1. The molecule has 1 unspecified atom stereocenters. The third kappa shape index (κ3) is 2.06. The van der Waals surface area contributed by atoms with Gasteiger partial charge in [0.2, 0.25) is 0 Å². The average Bonchev–Trinajstić information content (AvgIpc) is 2.17. The zero-order chi connectivity index (χ0) is 8.97.